The SMILES string of the molecule is Cc1cc(NC(=O)[C@H](C)[S@](=O)c2nnc(C(C)C)n2C)on1. The fourth-order valence-electron chi connectivity index (χ4n) is 1.91. The van der Waals surface area contributed by atoms with Crippen LogP contribution in [0.5, 0.6) is 0 Å². The summed E-state index contributed by atoms with van der Waals surface area (Å²) in [5.74, 6) is 0.683. The van der Waals surface area contributed by atoms with E-state index in [9.17, 15) is 9.00 Å². The molecule has 2 heterocycles. The molecule has 22 heavy (non-hydrogen) atoms. The topological polar surface area (TPSA) is 103 Å². The highest BCUT2D eigenvalue weighted by atomic mass is 32.2. The maximum absolute atomic E-state index is 12.5. The molecular weight excluding hydrogens is 306 g/mol. The van der Waals surface area contributed by atoms with Crippen LogP contribution in [0.25, 0.3) is 0 Å². The Kier molecular flexibility index (Phi) is 4.74. The van der Waals surface area contributed by atoms with Crippen LogP contribution in [-0.4, -0.2) is 35.3 Å². The van der Waals surface area contributed by atoms with Crippen molar-refractivity contribution in [3.05, 3.63) is 17.6 Å². The van der Waals surface area contributed by atoms with Gasteiger partial charge in [0.1, 0.15) is 21.9 Å². The van der Waals surface area contributed by atoms with Crippen molar-refractivity contribution in [1.29, 1.82) is 0 Å². The van der Waals surface area contributed by atoms with Crippen molar-refractivity contribution in [2.24, 2.45) is 7.05 Å². The maximum atomic E-state index is 12.5. The van der Waals surface area contributed by atoms with E-state index in [1.807, 2.05) is 13.8 Å². The van der Waals surface area contributed by atoms with Crippen LogP contribution < -0.4 is 5.32 Å². The van der Waals surface area contributed by atoms with Gasteiger partial charge in [0, 0.05) is 19.0 Å². The molecule has 0 aliphatic heterocycles. The first-order valence-electron chi connectivity index (χ1n) is 6.85. The molecule has 2 atom stereocenters. The zero-order valence-corrected chi connectivity index (χ0v) is 14.0. The molecule has 0 spiro atoms. The van der Waals surface area contributed by atoms with E-state index in [0.717, 1.165) is 5.82 Å². The average molecular weight is 325 g/mol. The molecule has 0 aromatic carbocycles. The predicted octanol–water partition coefficient (Wildman–Crippen LogP) is 1.37. The predicted molar refractivity (Wildman–Crippen MR) is 80.8 cm³/mol. The van der Waals surface area contributed by atoms with E-state index < -0.39 is 22.0 Å². The van der Waals surface area contributed by atoms with Gasteiger partial charge in [0.15, 0.2) is 0 Å². The lowest BCUT2D eigenvalue weighted by Gasteiger charge is -2.10. The summed E-state index contributed by atoms with van der Waals surface area (Å²) in [5, 5.41) is 13.7. The number of hydrogen-bond acceptors (Lipinski definition) is 6. The van der Waals surface area contributed by atoms with Gasteiger partial charge in [-0.15, -0.1) is 10.2 Å². The number of rotatable bonds is 5. The Morgan fingerprint density at radius 2 is 2.05 bits per heavy atom. The Labute approximate surface area is 130 Å². The molecule has 0 saturated heterocycles. The second-order valence-electron chi connectivity index (χ2n) is 5.32. The Bertz CT molecular complexity index is 706. The smallest absolute Gasteiger partial charge is 0.242 e. The van der Waals surface area contributed by atoms with Crippen molar-refractivity contribution in [2.45, 2.75) is 44.0 Å². The number of aromatic nitrogens is 4. The molecule has 9 heteroatoms. The minimum atomic E-state index is -1.62. The van der Waals surface area contributed by atoms with Gasteiger partial charge < -0.3 is 9.09 Å². The molecule has 2 aromatic rings. The van der Waals surface area contributed by atoms with E-state index in [1.165, 1.54) is 0 Å². The third-order valence-electron chi connectivity index (χ3n) is 3.13. The van der Waals surface area contributed by atoms with E-state index >= 15 is 0 Å². The molecule has 1 amide bonds. The van der Waals surface area contributed by atoms with Gasteiger partial charge in [-0.3, -0.25) is 14.3 Å². The average Bonchev–Trinajstić information content (AvgIpc) is 3.03. The second-order valence-corrected chi connectivity index (χ2v) is 6.98. The van der Waals surface area contributed by atoms with Gasteiger partial charge in [0.25, 0.3) is 0 Å². The number of hydrogen-bond donors (Lipinski definition) is 1. The number of nitrogens with zero attached hydrogens (tertiary/aromatic N) is 4. The van der Waals surface area contributed by atoms with Gasteiger partial charge in [-0.2, -0.15) is 0 Å². The van der Waals surface area contributed by atoms with Crippen molar-refractivity contribution >= 4 is 22.6 Å². The van der Waals surface area contributed by atoms with E-state index in [0.29, 0.717) is 5.69 Å². The Morgan fingerprint density at radius 3 is 2.55 bits per heavy atom. The minimum absolute atomic E-state index is 0.157. The summed E-state index contributed by atoms with van der Waals surface area (Å²) >= 11 is 0. The highest BCUT2D eigenvalue weighted by Crippen LogP contribution is 2.17. The molecule has 0 aliphatic carbocycles. The normalized spacial score (nSPS) is 14.1. The Hall–Kier alpha value is -2.03. The molecule has 0 aliphatic rings. The summed E-state index contributed by atoms with van der Waals surface area (Å²) in [6, 6.07) is 1.59. The minimum Gasteiger partial charge on any atom is -0.338 e. The van der Waals surface area contributed by atoms with E-state index in [2.05, 4.69) is 20.7 Å². The molecule has 2 aromatic heterocycles. The summed E-state index contributed by atoms with van der Waals surface area (Å²) in [7, 11) is 0.126. The molecule has 8 nitrogen and oxygen atoms in total. The van der Waals surface area contributed by atoms with Crippen molar-refractivity contribution < 1.29 is 13.5 Å². The molecule has 0 bridgehead atoms. The van der Waals surface area contributed by atoms with Crippen LogP contribution in [0.1, 0.15) is 38.2 Å². The first-order valence-corrected chi connectivity index (χ1v) is 8.06. The van der Waals surface area contributed by atoms with Crippen molar-refractivity contribution in [3.8, 4) is 0 Å². The van der Waals surface area contributed by atoms with Crippen LogP contribution in [0.3, 0.4) is 0 Å². The van der Waals surface area contributed by atoms with Gasteiger partial charge in [-0.1, -0.05) is 19.0 Å². The van der Waals surface area contributed by atoms with Gasteiger partial charge in [-0.25, -0.2) is 0 Å². The van der Waals surface area contributed by atoms with Crippen LogP contribution in [0.15, 0.2) is 15.7 Å². The largest absolute Gasteiger partial charge is 0.338 e. The van der Waals surface area contributed by atoms with Crippen LogP contribution in [0, 0.1) is 6.92 Å². The van der Waals surface area contributed by atoms with E-state index in [1.54, 1.807) is 31.5 Å². The standard InChI is InChI=1S/C13H19N5O3S/c1-7(2)11-15-16-13(18(11)5)22(20)9(4)12(19)14-10-6-8(3)17-21-10/h6-7,9H,1-5H3,(H,14,19)/t9-,22-/m0/s1. The fourth-order valence-corrected chi connectivity index (χ4v) is 2.96. The van der Waals surface area contributed by atoms with Gasteiger partial charge in [-0.05, 0) is 13.8 Å². The number of nitrogens with one attached hydrogen (secondary N) is 1. The lowest BCUT2D eigenvalue weighted by atomic mass is 10.2. The summed E-state index contributed by atoms with van der Waals surface area (Å²) in [6.07, 6.45) is 0. The number of anilines is 1. The van der Waals surface area contributed by atoms with Crippen molar-refractivity contribution in [2.75, 3.05) is 5.32 Å². The molecule has 0 radical (unpaired) electrons. The molecule has 120 valence electrons. The Morgan fingerprint density at radius 1 is 1.36 bits per heavy atom. The number of amides is 1. The van der Waals surface area contributed by atoms with Gasteiger partial charge in [0.05, 0.1) is 5.69 Å². The quantitative estimate of drug-likeness (QED) is 0.890. The molecule has 0 saturated carbocycles. The molecular formula is C13H19N5O3S. The van der Waals surface area contributed by atoms with Crippen molar-refractivity contribution in [3.63, 3.8) is 0 Å². The highest BCUT2D eigenvalue weighted by Gasteiger charge is 2.27. The van der Waals surface area contributed by atoms with E-state index in [4.69, 9.17) is 4.52 Å². The monoisotopic (exact) mass is 325 g/mol. The fraction of sp³-hybridized carbons (Fsp3) is 0.538. The third kappa shape index (κ3) is 3.24. The van der Waals surface area contributed by atoms with Crippen LogP contribution in [0.4, 0.5) is 5.88 Å². The summed E-state index contributed by atoms with van der Waals surface area (Å²) in [6.45, 7) is 7.25. The maximum Gasteiger partial charge on any atom is 0.242 e. The zero-order valence-electron chi connectivity index (χ0n) is 13.2. The van der Waals surface area contributed by atoms with Gasteiger partial charge in [0.2, 0.25) is 16.9 Å². The second kappa shape index (κ2) is 6.39. The lowest BCUT2D eigenvalue weighted by molar-refractivity contribution is -0.115. The molecule has 0 unspecified atom stereocenters. The first-order chi connectivity index (χ1) is 10.3. The number of carbonyl (C=O) groups is 1. The molecule has 0 fully saturated rings. The van der Waals surface area contributed by atoms with Crippen molar-refractivity contribution in [1.82, 2.24) is 19.9 Å². The van der Waals surface area contributed by atoms with Crippen LogP contribution in [0.2, 0.25) is 0 Å². The molecule has 1 N–H and O–H groups in total. The highest BCUT2D eigenvalue weighted by molar-refractivity contribution is 7.86. The summed E-state index contributed by atoms with van der Waals surface area (Å²) in [4.78, 5) is 12.1. The Balaban J connectivity index is 2.13. The third-order valence-corrected chi connectivity index (χ3v) is 4.70. The first kappa shape index (κ1) is 16.3. The summed E-state index contributed by atoms with van der Waals surface area (Å²) in [5.41, 5.74) is 0.652. The number of aryl methyl sites for hydroxylation is 1. The van der Waals surface area contributed by atoms with Crippen LogP contribution in [-0.2, 0) is 22.6 Å². The lowest BCUT2D eigenvalue weighted by Crippen LogP contribution is -2.30. The zero-order chi connectivity index (χ0) is 16.4. The van der Waals surface area contributed by atoms with Gasteiger partial charge >= 0.3 is 0 Å². The van der Waals surface area contributed by atoms with E-state index in [-0.39, 0.29) is 17.0 Å². The summed E-state index contributed by atoms with van der Waals surface area (Å²) < 4.78 is 19.1. The molecule has 2 rings (SSSR count). The number of carbonyl (C=O) groups excluding carboxylic acids is 1. The van der Waals surface area contributed by atoms with Crippen LogP contribution >= 0.6 is 0 Å².